The predicted molar refractivity (Wildman–Crippen MR) is 139 cm³/mol. The van der Waals surface area contributed by atoms with Gasteiger partial charge in [-0.2, -0.15) is 0 Å². The number of carbonyl (C=O) groups is 3. The Morgan fingerprint density at radius 3 is 2.28 bits per heavy atom. The van der Waals surface area contributed by atoms with E-state index in [1.54, 1.807) is 30.9 Å². The molecule has 2 rings (SSSR count). The zero-order valence-corrected chi connectivity index (χ0v) is 23.1. The average Bonchev–Trinajstić information content (AvgIpc) is 2.77. The molecule has 1 unspecified atom stereocenters. The Balaban J connectivity index is 2.05. The molecule has 9 nitrogen and oxygen atoms in total. The van der Waals surface area contributed by atoms with Gasteiger partial charge >= 0.3 is 12.0 Å². The first kappa shape index (κ1) is 29.9. The number of benzene rings is 1. The van der Waals surface area contributed by atoms with Crippen molar-refractivity contribution in [1.82, 2.24) is 15.5 Å². The van der Waals surface area contributed by atoms with Gasteiger partial charge in [0.05, 0.1) is 12.1 Å². The number of ether oxygens (including phenoxy) is 1. The minimum atomic E-state index is -1.13. The first-order valence-electron chi connectivity index (χ1n) is 12.3. The van der Waals surface area contributed by atoms with E-state index in [1.165, 1.54) is 6.92 Å². The molecule has 1 saturated heterocycles. The zero-order valence-electron chi connectivity index (χ0n) is 22.4. The molecule has 5 N–H and O–H groups in total. The number of carbonyl (C=O) groups excluding carboxylic acids is 3. The molecule has 0 bridgehead atoms. The normalized spacial score (nSPS) is 21.5. The highest BCUT2D eigenvalue weighted by Crippen LogP contribution is 2.46. The summed E-state index contributed by atoms with van der Waals surface area (Å²) >= 11 is 6.02. The Morgan fingerprint density at radius 1 is 1.19 bits per heavy atom. The van der Waals surface area contributed by atoms with E-state index in [4.69, 9.17) is 22.1 Å². The maximum absolute atomic E-state index is 13.5. The second kappa shape index (κ2) is 11.4. The molecule has 202 valence electrons. The molecule has 0 aromatic heterocycles. The van der Waals surface area contributed by atoms with E-state index >= 15 is 0 Å². The van der Waals surface area contributed by atoms with E-state index in [1.807, 2.05) is 39.8 Å². The molecule has 3 atom stereocenters. The van der Waals surface area contributed by atoms with Crippen molar-refractivity contribution in [1.29, 1.82) is 0 Å². The predicted octanol–water partition coefficient (Wildman–Crippen LogP) is 2.78. The van der Waals surface area contributed by atoms with Gasteiger partial charge in [-0.1, -0.05) is 51.4 Å². The topological polar surface area (TPSA) is 134 Å². The van der Waals surface area contributed by atoms with Crippen LogP contribution in [0.15, 0.2) is 24.3 Å². The van der Waals surface area contributed by atoms with Crippen LogP contribution in [0.5, 0.6) is 0 Å². The number of hydrogen-bond acceptors (Lipinski definition) is 6. The largest absolute Gasteiger partial charge is 0.457 e. The summed E-state index contributed by atoms with van der Waals surface area (Å²) in [7, 11) is 0. The van der Waals surface area contributed by atoms with E-state index in [2.05, 4.69) is 10.6 Å². The number of piperidine rings is 1. The number of urea groups is 1. The van der Waals surface area contributed by atoms with Crippen molar-refractivity contribution in [3.8, 4) is 0 Å². The molecule has 36 heavy (non-hydrogen) atoms. The number of halogens is 1. The van der Waals surface area contributed by atoms with Gasteiger partial charge in [0.1, 0.15) is 17.7 Å². The smallest absolute Gasteiger partial charge is 0.323 e. The fraction of sp³-hybridized carbons (Fsp3) is 0.654. The van der Waals surface area contributed by atoms with Crippen molar-refractivity contribution in [2.24, 2.45) is 17.1 Å². The highest BCUT2D eigenvalue weighted by atomic mass is 35.5. The maximum Gasteiger partial charge on any atom is 0.323 e. The molecule has 0 saturated carbocycles. The summed E-state index contributed by atoms with van der Waals surface area (Å²) in [5.41, 5.74) is 3.55. The van der Waals surface area contributed by atoms with Gasteiger partial charge in [-0.25, -0.2) is 4.79 Å². The average molecular weight is 525 g/mol. The van der Waals surface area contributed by atoms with Crippen LogP contribution in [-0.4, -0.2) is 65.2 Å². The molecule has 0 spiro atoms. The van der Waals surface area contributed by atoms with Crippen LogP contribution in [-0.2, 0) is 19.9 Å². The molecule has 1 aromatic carbocycles. The van der Waals surface area contributed by atoms with Crippen LogP contribution in [0.25, 0.3) is 0 Å². The van der Waals surface area contributed by atoms with Crippen LogP contribution < -0.4 is 16.4 Å². The summed E-state index contributed by atoms with van der Waals surface area (Å²) in [5, 5.41) is 17.6. The molecular weight excluding hydrogens is 484 g/mol. The first-order valence-corrected chi connectivity index (χ1v) is 12.7. The highest BCUT2D eigenvalue weighted by Gasteiger charge is 2.50. The molecule has 1 aliphatic heterocycles. The Bertz CT molecular complexity index is 948. The van der Waals surface area contributed by atoms with E-state index in [0.29, 0.717) is 24.5 Å². The van der Waals surface area contributed by atoms with Crippen molar-refractivity contribution in [3.05, 3.63) is 34.9 Å². The molecule has 3 amide bonds. The molecule has 10 heteroatoms. The molecular formula is C26H41ClN4O5. The number of esters is 1. The number of nitrogens with two attached hydrogens (primary N) is 1. The fourth-order valence-electron chi connectivity index (χ4n) is 4.37. The van der Waals surface area contributed by atoms with Crippen LogP contribution in [0.2, 0.25) is 5.02 Å². The van der Waals surface area contributed by atoms with Gasteiger partial charge < -0.3 is 31.1 Å². The van der Waals surface area contributed by atoms with Gasteiger partial charge in [-0.05, 0) is 50.8 Å². The maximum atomic E-state index is 13.5. The third-order valence-electron chi connectivity index (χ3n) is 6.73. The molecule has 1 heterocycles. The zero-order chi connectivity index (χ0) is 27.5. The lowest BCUT2D eigenvalue weighted by Crippen LogP contribution is -2.61. The Kier molecular flexibility index (Phi) is 9.42. The van der Waals surface area contributed by atoms with Gasteiger partial charge in [0.15, 0.2) is 0 Å². The second-order valence-corrected chi connectivity index (χ2v) is 11.7. The fourth-order valence-corrected chi connectivity index (χ4v) is 4.49. The number of nitrogens with one attached hydrogen (secondary N) is 2. The first-order chi connectivity index (χ1) is 16.5. The van der Waals surface area contributed by atoms with Gasteiger partial charge in [0, 0.05) is 23.5 Å². The van der Waals surface area contributed by atoms with Crippen LogP contribution in [0, 0.1) is 11.3 Å². The molecule has 0 radical (unpaired) electrons. The van der Waals surface area contributed by atoms with E-state index in [-0.39, 0.29) is 18.4 Å². The van der Waals surface area contributed by atoms with Crippen molar-refractivity contribution in [2.45, 2.75) is 78.2 Å². The lowest BCUT2D eigenvalue weighted by atomic mass is 9.66. The van der Waals surface area contributed by atoms with Crippen molar-refractivity contribution >= 4 is 29.5 Å². The SMILES string of the molecule is CC(N)C(=O)OC(C)(C)CNC(=O)N[C@@H](C(=O)N1CC[C@](O)(c2ccc(Cl)cc2)C(C)(C)C1)C(C)C. The summed E-state index contributed by atoms with van der Waals surface area (Å²) in [6, 6.07) is 5.05. The summed E-state index contributed by atoms with van der Waals surface area (Å²) in [6.07, 6.45) is 0.351. The third-order valence-corrected chi connectivity index (χ3v) is 6.98. The van der Waals surface area contributed by atoms with E-state index in [9.17, 15) is 19.5 Å². The van der Waals surface area contributed by atoms with Gasteiger partial charge in [0.25, 0.3) is 0 Å². The van der Waals surface area contributed by atoms with Crippen LogP contribution in [0.3, 0.4) is 0 Å². The minimum absolute atomic E-state index is 0.0428. The summed E-state index contributed by atoms with van der Waals surface area (Å²) in [5.74, 6) is -0.954. The number of aliphatic hydroxyl groups is 1. The van der Waals surface area contributed by atoms with Crippen LogP contribution >= 0.6 is 11.6 Å². The summed E-state index contributed by atoms with van der Waals surface area (Å²) in [6.45, 7) is 13.1. The Hall–Kier alpha value is -2.36. The minimum Gasteiger partial charge on any atom is -0.457 e. The van der Waals surface area contributed by atoms with E-state index < -0.39 is 40.7 Å². The second-order valence-electron chi connectivity index (χ2n) is 11.3. The Labute approximate surface area is 219 Å². The molecule has 1 aromatic rings. The third kappa shape index (κ3) is 7.11. The highest BCUT2D eigenvalue weighted by molar-refractivity contribution is 6.30. The lowest BCUT2D eigenvalue weighted by molar-refractivity contribution is -0.157. The summed E-state index contributed by atoms with van der Waals surface area (Å²) < 4.78 is 5.32. The van der Waals surface area contributed by atoms with Crippen molar-refractivity contribution in [2.75, 3.05) is 19.6 Å². The van der Waals surface area contributed by atoms with Gasteiger partial charge in [-0.15, -0.1) is 0 Å². The quantitative estimate of drug-likeness (QED) is 0.386. The number of rotatable bonds is 8. The monoisotopic (exact) mass is 524 g/mol. The standard InChI is InChI=1S/C26H41ClN4O5/c1-16(2)20(30-23(34)29-14-25(6,7)36-22(33)17(3)28)21(32)31-13-12-26(35,24(4,5)15-31)18-8-10-19(27)11-9-18/h8-11,16-17,20,35H,12-15,28H2,1-7H3,(H2,29,30,34)/t17?,20-,26+/m1/s1. The lowest BCUT2D eigenvalue weighted by Gasteiger charge is -2.51. The van der Waals surface area contributed by atoms with Gasteiger partial charge in [-0.3, -0.25) is 9.59 Å². The number of nitrogens with zero attached hydrogens (tertiary/aromatic N) is 1. The van der Waals surface area contributed by atoms with E-state index in [0.717, 1.165) is 5.56 Å². The summed E-state index contributed by atoms with van der Waals surface area (Å²) in [4.78, 5) is 39.6. The number of amides is 3. The van der Waals surface area contributed by atoms with Crippen LogP contribution in [0.1, 0.15) is 60.5 Å². The molecule has 0 aliphatic carbocycles. The van der Waals surface area contributed by atoms with Crippen molar-refractivity contribution in [3.63, 3.8) is 0 Å². The van der Waals surface area contributed by atoms with Crippen molar-refractivity contribution < 1.29 is 24.2 Å². The van der Waals surface area contributed by atoms with Crippen LogP contribution in [0.4, 0.5) is 4.79 Å². The number of hydrogen-bond donors (Lipinski definition) is 4. The molecule has 1 aliphatic rings. The number of likely N-dealkylation sites (tertiary alicyclic amines) is 1. The molecule has 1 fully saturated rings. The van der Waals surface area contributed by atoms with Gasteiger partial charge in [0.2, 0.25) is 5.91 Å². The Morgan fingerprint density at radius 2 is 1.78 bits per heavy atom.